The maximum absolute atomic E-state index is 12.6. The van der Waals surface area contributed by atoms with Gasteiger partial charge >= 0.3 is 0 Å². The Hall–Kier alpha value is 0.160. The molecule has 0 atom stereocenters. The van der Waals surface area contributed by atoms with Crippen LogP contribution in [0.1, 0.15) is 0 Å². The minimum absolute atomic E-state index is 0.321. The molecule has 0 bridgehead atoms. The van der Waals surface area contributed by atoms with Crippen molar-refractivity contribution >= 4 is 44.2 Å². The van der Waals surface area contributed by atoms with Crippen molar-refractivity contribution in [3.8, 4) is 0 Å². The first kappa shape index (κ1) is 8.26. The van der Waals surface area contributed by atoms with Gasteiger partial charge in [0.1, 0.15) is 5.82 Å². The van der Waals surface area contributed by atoms with E-state index >= 15 is 0 Å². The Labute approximate surface area is 80.1 Å². The van der Waals surface area contributed by atoms with E-state index in [0.29, 0.717) is 10.2 Å². The molecule has 0 saturated carbocycles. The molecule has 10 heavy (non-hydrogen) atoms. The third kappa shape index (κ3) is 1.42. The summed E-state index contributed by atoms with van der Waals surface area (Å²) in [6.45, 7) is 0. The molecular formula is C6H4BrFIN. The van der Waals surface area contributed by atoms with E-state index in [1.165, 1.54) is 6.07 Å². The molecule has 0 unspecified atom stereocenters. The topological polar surface area (TPSA) is 26.0 Å². The molecule has 1 rings (SSSR count). The summed E-state index contributed by atoms with van der Waals surface area (Å²) in [5.74, 6) is -0.321. The Morgan fingerprint density at radius 3 is 2.60 bits per heavy atom. The van der Waals surface area contributed by atoms with Crippen molar-refractivity contribution in [3.63, 3.8) is 0 Å². The SMILES string of the molecule is Nc1c(I)ccc(F)c1Br. The molecule has 0 aliphatic carbocycles. The number of nitrogen functional groups attached to an aromatic ring is 1. The van der Waals surface area contributed by atoms with Gasteiger partial charge in [0.25, 0.3) is 0 Å². The second kappa shape index (κ2) is 3.04. The molecule has 0 aromatic heterocycles. The number of rotatable bonds is 0. The summed E-state index contributed by atoms with van der Waals surface area (Å²) in [4.78, 5) is 0. The van der Waals surface area contributed by atoms with E-state index in [1.807, 2.05) is 22.6 Å². The van der Waals surface area contributed by atoms with Crippen molar-refractivity contribution in [1.82, 2.24) is 0 Å². The van der Waals surface area contributed by atoms with Crippen LogP contribution in [0.3, 0.4) is 0 Å². The van der Waals surface area contributed by atoms with Crippen LogP contribution in [0, 0.1) is 9.39 Å². The van der Waals surface area contributed by atoms with Gasteiger partial charge in [-0.1, -0.05) is 0 Å². The van der Waals surface area contributed by atoms with Gasteiger partial charge in [-0.05, 0) is 50.7 Å². The highest BCUT2D eigenvalue weighted by atomic mass is 127. The van der Waals surface area contributed by atoms with Gasteiger partial charge in [-0.25, -0.2) is 4.39 Å². The molecule has 0 fully saturated rings. The average molecular weight is 316 g/mol. The molecule has 1 aromatic rings. The highest BCUT2D eigenvalue weighted by Crippen LogP contribution is 2.27. The van der Waals surface area contributed by atoms with Crippen molar-refractivity contribution in [1.29, 1.82) is 0 Å². The van der Waals surface area contributed by atoms with Crippen molar-refractivity contribution < 1.29 is 4.39 Å². The summed E-state index contributed by atoms with van der Waals surface area (Å²) in [6.07, 6.45) is 0. The Morgan fingerprint density at radius 2 is 2.10 bits per heavy atom. The number of hydrogen-bond acceptors (Lipinski definition) is 1. The summed E-state index contributed by atoms with van der Waals surface area (Å²) < 4.78 is 13.8. The van der Waals surface area contributed by atoms with Crippen molar-refractivity contribution in [2.24, 2.45) is 0 Å². The largest absolute Gasteiger partial charge is 0.397 e. The number of anilines is 1. The first-order valence-electron chi connectivity index (χ1n) is 2.52. The molecule has 0 radical (unpaired) electrons. The van der Waals surface area contributed by atoms with Crippen LogP contribution in [0.15, 0.2) is 16.6 Å². The van der Waals surface area contributed by atoms with Crippen LogP contribution < -0.4 is 5.73 Å². The van der Waals surface area contributed by atoms with Gasteiger partial charge in [0.15, 0.2) is 0 Å². The molecule has 4 heteroatoms. The van der Waals surface area contributed by atoms with E-state index in [1.54, 1.807) is 6.07 Å². The van der Waals surface area contributed by atoms with Crippen LogP contribution in [0.2, 0.25) is 0 Å². The van der Waals surface area contributed by atoms with E-state index < -0.39 is 0 Å². The highest BCUT2D eigenvalue weighted by Gasteiger charge is 2.04. The zero-order chi connectivity index (χ0) is 7.72. The lowest BCUT2D eigenvalue weighted by molar-refractivity contribution is 0.621. The summed E-state index contributed by atoms with van der Waals surface area (Å²) in [5, 5.41) is 0. The lowest BCUT2D eigenvalue weighted by Crippen LogP contribution is -1.92. The van der Waals surface area contributed by atoms with E-state index in [4.69, 9.17) is 5.73 Å². The third-order valence-electron chi connectivity index (χ3n) is 1.08. The van der Waals surface area contributed by atoms with Crippen molar-refractivity contribution in [2.45, 2.75) is 0 Å². The minimum atomic E-state index is -0.321. The van der Waals surface area contributed by atoms with Crippen molar-refractivity contribution in [3.05, 3.63) is 26.0 Å². The fraction of sp³-hybridized carbons (Fsp3) is 0. The maximum Gasteiger partial charge on any atom is 0.139 e. The van der Waals surface area contributed by atoms with E-state index in [2.05, 4.69) is 15.9 Å². The van der Waals surface area contributed by atoms with Gasteiger partial charge in [0.05, 0.1) is 10.2 Å². The molecule has 0 heterocycles. The van der Waals surface area contributed by atoms with Crippen LogP contribution in [0.25, 0.3) is 0 Å². The fourth-order valence-electron chi connectivity index (χ4n) is 0.543. The lowest BCUT2D eigenvalue weighted by Gasteiger charge is -2.00. The summed E-state index contributed by atoms with van der Waals surface area (Å²) in [6, 6.07) is 3.01. The summed E-state index contributed by atoms with van der Waals surface area (Å²) >= 11 is 5.07. The Kier molecular flexibility index (Phi) is 2.51. The number of hydrogen-bond donors (Lipinski definition) is 1. The average Bonchev–Trinajstić information content (AvgIpc) is 1.93. The van der Waals surface area contributed by atoms with Gasteiger partial charge in [-0.3, -0.25) is 0 Å². The first-order valence-corrected chi connectivity index (χ1v) is 4.39. The van der Waals surface area contributed by atoms with Crippen LogP contribution >= 0.6 is 38.5 Å². The van der Waals surface area contributed by atoms with Crippen LogP contribution in [-0.2, 0) is 0 Å². The molecule has 1 nitrogen and oxygen atoms in total. The molecular weight excluding hydrogens is 312 g/mol. The second-order valence-corrected chi connectivity index (χ2v) is 3.71. The summed E-state index contributed by atoms with van der Waals surface area (Å²) in [7, 11) is 0. The van der Waals surface area contributed by atoms with E-state index in [-0.39, 0.29) is 5.82 Å². The maximum atomic E-state index is 12.6. The zero-order valence-corrected chi connectivity index (χ0v) is 8.61. The molecule has 0 spiro atoms. The van der Waals surface area contributed by atoms with Crippen LogP contribution in [0.5, 0.6) is 0 Å². The Balaban J connectivity index is 3.34. The van der Waals surface area contributed by atoms with Crippen LogP contribution in [-0.4, -0.2) is 0 Å². The lowest BCUT2D eigenvalue weighted by atomic mass is 10.3. The monoisotopic (exact) mass is 315 g/mol. The van der Waals surface area contributed by atoms with Gasteiger partial charge in [0, 0.05) is 3.57 Å². The highest BCUT2D eigenvalue weighted by molar-refractivity contribution is 14.1. The fourth-order valence-corrected chi connectivity index (χ4v) is 1.71. The van der Waals surface area contributed by atoms with Gasteiger partial charge in [0.2, 0.25) is 0 Å². The molecule has 1 aromatic carbocycles. The Bertz CT molecular complexity index is 237. The standard InChI is InChI=1S/C6H4BrFIN/c7-5-3(8)1-2-4(9)6(5)10/h1-2H,10H2. The smallest absolute Gasteiger partial charge is 0.139 e. The zero-order valence-electron chi connectivity index (χ0n) is 4.87. The molecule has 54 valence electrons. The van der Waals surface area contributed by atoms with Gasteiger partial charge in [-0.15, -0.1) is 0 Å². The number of nitrogens with two attached hydrogens (primary N) is 1. The minimum Gasteiger partial charge on any atom is -0.397 e. The molecule has 0 amide bonds. The molecule has 2 N–H and O–H groups in total. The third-order valence-corrected chi connectivity index (χ3v) is 2.83. The second-order valence-electron chi connectivity index (χ2n) is 1.76. The predicted molar refractivity (Wildman–Crippen MR) is 51.2 cm³/mol. The Morgan fingerprint density at radius 1 is 1.50 bits per heavy atom. The van der Waals surface area contributed by atoms with Gasteiger partial charge in [-0.2, -0.15) is 0 Å². The predicted octanol–water partition coefficient (Wildman–Crippen LogP) is 2.78. The van der Waals surface area contributed by atoms with Gasteiger partial charge < -0.3 is 5.73 Å². The van der Waals surface area contributed by atoms with E-state index in [0.717, 1.165) is 3.57 Å². The normalized spacial score (nSPS) is 9.90. The number of halogens is 3. The van der Waals surface area contributed by atoms with E-state index in [9.17, 15) is 4.39 Å². The molecule has 0 saturated heterocycles. The summed E-state index contributed by atoms with van der Waals surface area (Å²) in [5.41, 5.74) is 5.95. The number of benzene rings is 1. The molecule has 0 aliphatic rings. The van der Waals surface area contributed by atoms with Crippen LogP contribution in [0.4, 0.5) is 10.1 Å². The van der Waals surface area contributed by atoms with Crippen molar-refractivity contribution in [2.75, 3.05) is 5.73 Å². The quantitative estimate of drug-likeness (QED) is 0.445. The first-order chi connectivity index (χ1) is 4.63. The molecule has 0 aliphatic heterocycles.